The Balaban J connectivity index is 1.58. The van der Waals surface area contributed by atoms with Gasteiger partial charge in [-0.05, 0) is 60.2 Å². The van der Waals surface area contributed by atoms with Gasteiger partial charge in [-0.25, -0.2) is 0 Å². The fourth-order valence-corrected chi connectivity index (χ4v) is 6.35. The lowest BCUT2D eigenvalue weighted by atomic mass is 9.74. The zero-order valence-electron chi connectivity index (χ0n) is 18.4. The van der Waals surface area contributed by atoms with Crippen LogP contribution in [0.3, 0.4) is 0 Å². The van der Waals surface area contributed by atoms with Crippen LogP contribution >= 0.6 is 11.3 Å². The highest BCUT2D eigenvalue weighted by molar-refractivity contribution is 7.27. The zero-order chi connectivity index (χ0) is 21.2. The molecule has 1 nitrogen and oxygen atoms in total. The molecule has 0 aliphatic heterocycles. The van der Waals surface area contributed by atoms with Gasteiger partial charge in [0.2, 0.25) is 0 Å². The molecular formula is C28H25NS. The maximum atomic E-state index is 9.02. The van der Waals surface area contributed by atoms with E-state index in [-0.39, 0.29) is 0 Å². The molecule has 5 aromatic rings. The first-order chi connectivity index (χ1) is 15.0. The molecule has 1 atom stereocenters. The second-order valence-electron chi connectivity index (χ2n) is 8.64. The van der Waals surface area contributed by atoms with Crippen molar-refractivity contribution in [3.05, 3.63) is 78.0 Å². The molecule has 0 spiro atoms. The van der Waals surface area contributed by atoms with Gasteiger partial charge in [0, 0.05) is 38.7 Å². The molecule has 1 saturated carbocycles. The SMILES string of the molecule is [2H]C(C)(c1ccnc(-c2cccc3c2sc2c3ccc3cccc(C)c32)c1)C1CCC1. The number of aromatic nitrogens is 1. The Bertz CT molecular complexity index is 1460. The van der Waals surface area contributed by atoms with Crippen molar-refractivity contribution in [1.29, 1.82) is 0 Å². The van der Waals surface area contributed by atoms with E-state index in [1.165, 1.54) is 48.5 Å². The molecule has 0 saturated heterocycles. The Hall–Kier alpha value is -2.71. The minimum atomic E-state index is -0.544. The first kappa shape index (κ1) is 17.0. The highest BCUT2D eigenvalue weighted by atomic mass is 32.1. The van der Waals surface area contributed by atoms with Crippen LogP contribution in [0.15, 0.2) is 66.9 Å². The molecule has 1 fully saturated rings. The van der Waals surface area contributed by atoms with Crippen molar-refractivity contribution in [1.82, 2.24) is 4.98 Å². The van der Waals surface area contributed by atoms with Gasteiger partial charge in [-0.2, -0.15) is 0 Å². The summed E-state index contributed by atoms with van der Waals surface area (Å²) in [5.41, 5.74) is 4.56. The summed E-state index contributed by atoms with van der Waals surface area (Å²) in [6.45, 7) is 4.28. The predicted molar refractivity (Wildman–Crippen MR) is 131 cm³/mol. The summed E-state index contributed by atoms with van der Waals surface area (Å²) < 4.78 is 11.7. The summed E-state index contributed by atoms with van der Waals surface area (Å²) in [5, 5.41) is 5.27. The number of pyridine rings is 1. The van der Waals surface area contributed by atoms with Crippen molar-refractivity contribution in [2.24, 2.45) is 5.92 Å². The van der Waals surface area contributed by atoms with Gasteiger partial charge in [-0.15, -0.1) is 11.3 Å². The number of benzene rings is 3. The predicted octanol–water partition coefficient (Wildman–Crippen LogP) is 8.48. The van der Waals surface area contributed by atoms with Crippen LogP contribution in [0, 0.1) is 12.8 Å². The van der Waals surface area contributed by atoms with Crippen molar-refractivity contribution in [3.8, 4) is 11.3 Å². The van der Waals surface area contributed by atoms with Crippen LogP contribution in [-0.2, 0) is 0 Å². The monoisotopic (exact) mass is 408 g/mol. The third-order valence-corrected chi connectivity index (χ3v) is 8.20. The van der Waals surface area contributed by atoms with Crippen molar-refractivity contribution < 1.29 is 1.37 Å². The Morgan fingerprint density at radius 2 is 1.83 bits per heavy atom. The van der Waals surface area contributed by atoms with Crippen molar-refractivity contribution in [2.45, 2.75) is 39.0 Å². The van der Waals surface area contributed by atoms with Gasteiger partial charge >= 0.3 is 0 Å². The molecule has 1 aliphatic rings. The maximum absolute atomic E-state index is 9.02. The topological polar surface area (TPSA) is 12.9 Å². The largest absolute Gasteiger partial charge is 0.256 e. The fraction of sp³-hybridized carbons (Fsp3) is 0.250. The van der Waals surface area contributed by atoms with E-state index in [9.17, 15) is 0 Å². The lowest BCUT2D eigenvalue weighted by Crippen LogP contribution is -2.18. The lowest BCUT2D eigenvalue weighted by Gasteiger charge is -2.31. The fourth-order valence-electron chi connectivity index (χ4n) is 4.90. The van der Waals surface area contributed by atoms with Gasteiger partial charge < -0.3 is 0 Å². The van der Waals surface area contributed by atoms with E-state index in [1.54, 1.807) is 0 Å². The molecule has 1 aliphatic carbocycles. The Labute approximate surface area is 182 Å². The van der Waals surface area contributed by atoms with E-state index < -0.39 is 5.89 Å². The third kappa shape index (κ3) is 2.70. The molecular weight excluding hydrogens is 382 g/mol. The van der Waals surface area contributed by atoms with Gasteiger partial charge in [-0.1, -0.05) is 61.9 Å². The molecule has 6 rings (SSSR count). The van der Waals surface area contributed by atoms with Crippen LogP contribution in [0.1, 0.15) is 44.6 Å². The molecule has 0 bridgehead atoms. The van der Waals surface area contributed by atoms with Gasteiger partial charge in [0.1, 0.15) is 0 Å². The molecule has 2 heterocycles. The number of aryl methyl sites for hydroxylation is 1. The molecule has 3 aromatic carbocycles. The van der Waals surface area contributed by atoms with Crippen LogP contribution in [0.2, 0.25) is 0 Å². The molecule has 1 unspecified atom stereocenters. The number of thiophene rings is 1. The zero-order valence-corrected chi connectivity index (χ0v) is 18.2. The smallest absolute Gasteiger partial charge is 0.0719 e. The summed E-state index contributed by atoms with van der Waals surface area (Å²) in [7, 11) is 0. The van der Waals surface area contributed by atoms with Gasteiger partial charge in [0.25, 0.3) is 0 Å². The second-order valence-corrected chi connectivity index (χ2v) is 9.66. The van der Waals surface area contributed by atoms with E-state index in [4.69, 9.17) is 6.35 Å². The minimum Gasteiger partial charge on any atom is -0.256 e. The lowest BCUT2D eigenvalue weighted by molar-refractivity contribution is 0.272. The molecule has 148 valence electrons. The van der Waals surface area contributed by atoms with Crippen molar-refractivity contribution in [3.63, 3.8) is 0 Å². The average molecular weight is 409 g/mol. The number of nitrogens with zero attached hydrogens (tertiary/aromatic N) is 1. The van der Waals surface area contributed by atoms with Gasteiger partial charge in [-0.3, -0.25) is 4.98 Å². The first-order valence-corrected chi connectivity index (χ1v) is 11.7. The standard InChI is InChI=1S/C28H25NS/c1-17-6-3-9-20-12-13-23-22-10-5-11-24(27(22)30-28(23)26(17)20)25-16-21(14-15-29-25)18(2)19-7-4-8-19/h3,5-6,9-16,18-19H,4,7-8H2,1-2H3/i18D. The number of hydrogen-bond donors (Lipinski definition) is 0. The summed E-state index contributed by atoms with van der Waals surface area (Å²) in [6.07, 6.45) is 5.47. The Morgan fingerprint density at radius 1 is 1.00 bits per heavy atom. The van der Waals surface area contributed by atoms with Crippen LogP contribution in [0.4, 0.5) is 0 Å². The molecule has 2 heteroatoms. The normalized spacial score (nSPS) is 17.2. The quantitative estimate of drug-likeness (QED) is 0.292. The van der Waals surface area contributed by atoms with Crippen LogP contribution in [0.5, 0.6) is 0 Å². The van der Waals surface area contributed by atoms with Crippen LogP contribution in [0.25, 0.3) is 42.2 Å². The molecule has 0 amide bonds. The van der Waals surface area contributed by atoms with Gasteiger partial charge in [0.05, 0.1) is 5.69 Å². The van der Waals surface area contributed by atoms with E-state index in [1.807, 2.05) is 23.6 Å². The summed E-state index contributed by atoms with van der Waals surface area (Å²) >= 11 is 1.88. The van der Waals surface area contributed by atoms with Crippen LogP contribution < -0.4 is 0 Å². The van der Waals surface area contributed by atoms with E-state index in [2.05, 4.69) is 68.4 Å². The Kier molecular flexibility index (Phi) is 3.93. The summed E-state index contributed by atoms with van der Waals surface area (Å²) in [5.74, 6) is -0.0886. The van der Waals surface area contributed by atoms with Crippen molar-refractivity contribution in [2.75, 3.05) is 0 Å². The number of fused-ring (bicyclic) bond motifs is 5. The molecule has 30 heavy (non-hydrogen) atoms. The third-order valence-electron chi connectivity index (χ3n) is 6.92. The van der Waals surface area contributed by atoms with Gasteiger partial charge in [0.15, 0.2) is 0 Å². The van der Waals surface area contributed by atoms with E-state index >= 15 is 0 Å². The molecule has 0 radical (unpaired) electrons. The molecule has 0 N–H and O–H groups in total. The minimum absolute atomic E-state index is 0.456. The first-order valence-electron chi connectivity index (χ1n) is 11.3. The van der Waals surface area contributed by atoms with Crippen molar-refractivity contribution >= 4 is 42.3 Å². The van der Waals surface area contributed by atoms with E-state index in [0.29, 0.717) is 5.92 Å². The van der Waals surface area contributed by atoms with Crippen LogP contribution in [-0.4, -0.2) is 4.98 Å². The highest BCUT2D eigenvalue weighted by Crippen LogP contribution is 2.44. The van der Waals surface area contributed by atoms with E-state index in [0.717, 1.165) is 24.1 Å². The molecule has 2 aromatic heterocycles. The summed E-state index contributed by atoms with van der Waals surface area (Å²) in [6, 6.07) is 21.8. The highest BCUT2D eigenvalue weighted by Gasteiger charge is 2.25. The summed E-state index contributed by atoms with van der Waals surface area (Å²) in [4.78, 5) is 4.75. The Morgan fingerprint density at radius 3 is 2.67 bits per heavy atom. The average Bonchev–Trinajstić information content (AvgIpc) is 3.11. The number of rotatable bonds is 3. The number of hydrogen-bond acceptors (Lipinski definition) is 2. The maximum Gasteiger partial charge on any atom is 0.0719 e. The second kappa shape index (κ2) is 6.92.